The summed E-state index contributed by atoms with van der Waals surface area (Å²) >= 11 is 0. The maximum atomic E-state index is 12.1. The molecule has 1 aromatic heterocycles. The van der Waals surface area contributed by atoms with Gasteiger partial charge in [0.1, 0.15) is 6.61 Å². The van der Waals surface area contributed by atoms with Crippen molar-refractivity contribution >= 4 is 11.9 Å². The van der Waals surface area contributed by atoms with Crippen molar-refractivity contribution in [3.8, 4) is 11.5 Å². The molecular formula is C15H16N4O3. The van der Waals surface area contributed by atoms with Crippen molar-refractivity contribution in [1.82, 2.24) is 15.4 Å². The third-order valence-corrected chi connectivity index (χ3v) is 3.08. The fourth-order valence-electron chi connectivity index (χ4n) is 2.13. The van der Waals surface area contributed by atoms with Crippen LogP contribution in [0.3, 0.4) is 0 Å². The average Bonchev–Trinajstić information content (AvgIpc) is 2.51. The van der Waals surface area contributed by atoms with E-state index in [1.54, 1.807) is 12.1 Å². The number of nitrogens with zero attached hydrogens (tertiary/aromatic N) is 2. The molecule has 114 valence electrons. The van der Waals surface area contributed by atoms with E-state index in [-0.39, 0.29) is 12.5 Å². The molecule has 0 bridgehead atoms. The number of carbonyl (C=O) groups is 1. The lowest BCUT2D eigenvalue weighted by atomic mass is 10.2. The summed E-state index contributed by atoms with van der Waals surface area (Å²) < 4.78 is 11.1. The van der Waals surface area contributed by atoms with Crippen LogP contribution in [0.15, 0.2) is 30.3 Å². The van der Waals surface area contributed by atoms with Gasteiger partial charge in [0.25, 0.3) is 5.91 Å². The summed E-state index contributed by atoms with van der Waals surface area (Å²) in [7, 11) is 0. The van der Waals surface area contributed by atoms with Crippen LogP contribution in [0, 0.1) is 13.8 Å². The van der Waals surface area contributed by atoms with E-state index in [4.69, 9.17) is 9.47 Å². The van der Waals surface area contributed by atoms with Crippen LogP contribution < -0.4 is 20.3 Å². The normalized spacial score (nSPS) is 16.0. The summed E-state index contributed by atoms with van der Waals surface area (Å²) in [6, 6.07) is 9.08. The molecule has 3 rings (SSSR count). The second-order valence-corrected chi connectivity index (χ2v) is 4.95. The molecule has 7 heteroatoms. The Balaban J connectivity index is 1.61. The number of benzene rings is 1. The first kappa shape index (κ1) is 14.1. The minimum atomic E-state index is -0.728. The number of hydrogen-bond acceptors (Lipinski definition) is 6. The van der Waals surface area contributed by atoms with Crippen molar-refractivity contribution in [2.75, 3.05) is 12.0 Å². The Morgan fingerprint density at radius 1 is 1.18 bits per heavy atom. The summed E-state index contributed by atoms with van der Waals surface area (Å²) in [5.41, 5.74) is 6.86. The van der Waals surface area contributed by atoms with Crippen LogP contribution in [-0.4, -0.2) is 28.6 Å². The number of rotatable bonds is 3. The van der Waals surface area contributed by atoms with E-state index in [1.807, 2.05) is 32.0 Å². The third-order valence-electron chi connectivity index (χ3n) is 3.08. The second kappa shape index (κ2) is 5.88. The van der Waals surface area contributed by atoms with Crippen LogP contribution in [0.25, 0.3) is 0 Å². The van der Waals surface area contributed by atoms with Gasteiger partial charge in [-0.2, -0.15) is 0 Å². The number of amides is 1. The van der Waals surface area contributed by atoms with E-state index in [9.17, 15) is 4.79 Å². The van der Waals surface area contributed by atoms with Crippen LogP contribution in [0.5, 0.6) is 11.5 Å². The number of ether oxygens (including phenoxy) is 2. The Morgan fingerprint density at radius 3 is 2.59 bits per heavy atom. The second-order valence-electron chi connectivity index (χ2n) is 4.95. The molecule has 0 saturated carbocycles. The van der Waals surface area contributed by atoms with Crippen LogP contribution in [-0.2, 0) is 4.79 Å². The van der Waals surface area contributed by atoms with Crippen molar-refractivity contribution in [1.29, 1.82) is 0 Å². The number of fused-ring (bicyclic) bond motifs is 1. The van der Waals surface area contributed by atoms with Crippen LogP contribution in [0.2, 0.25) is 0 Å². The van der Waals surface area contributed by atoms with Crippen LogP contribution in [0.1, 0.15) is 11.4 Å². The highest BCUT2D eigenvalue weighted by Crippen LogP contribution is 2.30. The molecule has 0 fully saturated rings. The first-order chi connectivity index (χ1) is 10.6. The largest absolute Gasteiger partial charge is 0.485 e. The van der Waals surface area contributed by atoms with Gasteiger partial charge < -0.3 is 9.47 Å². The molecule has 2 heterocycles. The molecule has 0 saturated heterocycles. The van der Waals surface area contributed by atoms with E-state index in [0.717, 1.165) is 11.4 Å². The average molecular weight is 300 g/mol. The highest BCUT2D eigenvalue weighted by Gasteiger charge is 2.27. The monoisotopic (exact) mass is 300 g/mol. The van der Waals surface area contributed by atoms with Gasteiger partial charge in [-0.25, -0.2) is 9.97 Å². The molecule has 7 nitrogen and oxygen atoms in total. The maximum absolute atomic E-state index is 12.1. The van der Waals surface area contributed by atoms with Gasteiger partial charge in [0, 0.05) is 11.4 Å². The van der Waals surface area contributed by atoms with Crippen molar-refractivity contribution in [3.05, 3.63) is 41.7 Å². The SMILES string of the molecule is Cc1cc(C)nc(NNC(=O)C2COc3ccccc3O2)n1. The minimum absolute atomic E-state index is 0.151. The molecule has 1 unspecified atom stereocenters. The number of nitrogens with one attached hydrogen (secondary N) is 2. The van der Waals surface area contributed by atoms with Crippen molar-refractivity contribution in [2.24, 2.45) is 0 Å². The van der Waals surface area contributed by atoms with Crippen LogP contribution >= 0.6 is 0 Å². The fourth-order valence-corrected chi connectivity index (χ4v) is 2.13. The summed E-state index contributed by atoms with van der Waals surface area (Å²) in [5.74, 6) is 1.17. The van der Waals surface area contributed by atoms with Gasteiger partial charge in [-0.15, -0.1) is 0 Å². The highest BCUT2D eigenvalue weighted by atomic mass is 16.6. The zero-order valence-electron chi connectivity index (χ0n) is 12.3. The van der Waals surface area contributed by atoms with Crippen molar-refractivity contribution in [2.45, 2.75) is 20.0 Å². The molecular weight excluding hydrogens is 284 g/mol. The number of para-hydroxylation sites is 2. The molecule has 2 N–H and O–H groups in total. The molecule has 0 radical (unpaired) electrons. The molecule has 22 heavy (non-hydrogen) atoms. The Labute approximate surface area is 127 Å². The lowest BCUT2D eigenvalue weighted by molar-refractivity contribution is -0.129. The standard InChI is InChI=1S/C15H16N4O3/c1-9-7-10(2)17-15(16-9)19-18-14(20)13-8-21-11-5-3-4-6-12(11)22-13/h3-7,13H,8H2,1-2H3,(H,18,20)(H,16,17,19). The smallest absolute Gasteiger partial charge is 0.283 e. The fraction of sp³-hybridized carbons (Fsp3) is 0.267. The van der Waals surface area contributed by atoms with E-state index >= 15 is 0 Å². The van der Waals surface area contributed by atoms with Gasteiger partial charge in [0.05, 0.1) is 0 Å². The molecule has 0 aliphatic carbocycles. The predicted molar refractivity (Wildman–Crippen MR) is 79.6 cm³/mol. The maximum Gasteiger partial charge on any atom is 0.283 e. The Morgan fingerprint density at radius 2 is 1.86 bits per heavy atom. The zero-order chi connectivity index (χ0) is 15.5. The van der Waals surface area contributed by atoms with Crippen LogP contribution in [0.4, 0.5) is 5.95 Å². The van der Waals surface area contributed by atoms with Gasteiger partial charge in [0.2, 0.25) is 12.1 Å². The summed E-state index contributed by atoms with van der Waals surface area (Å²) in [5, 5.41) is 0. The van der Waals surface area contributed by atoms with E-state index in [2.05, 4.69) is 20.8 Å². The molecule has 1 amide bonds. The van der Waals surface area contributed by atoms with Gasteiger partial charge in [-0.05, 0) is 32.0 Å². The van der Waals surface area contributed by atoms with Gasteiger partial charge >= 0.3 is 0 Å². The topological polar surface area (TPSA) is 85.4 Å². The molecule has 1 aromatic carbocycles. The zero-order valence-corrected chi connectivity index (χ0v) is 12.3. The Hall–Kier alpha value is -2.83. The first-order valence-corrected chi connectivity index (χ1v) is 6.88. The number of hydrogen-bond donors (Lipinski definition) is 2. The number of hydrazine groups is 1. The molecule has 2 aromatic rings. The number of aromatic nitrogens is 2. The highest BCUT2D eigenvalue weighted by molar-refractivity contribution is 5.82. The minimum Gasteiger partial charge on any atom is -0.485 e. The Kier molecular flexibility index (Phi) is 3.78. The number of aryl methyl sites for hydroxylation is 2. The number of anilines is 1. The predicted octanol–water partition coefficient (Wildman–Crippen LogP) is 1.38. The Bertz CT molecular complexity index is 685. The van der Waals surface area contributed by atoms with E-state index in [1.165, 1.54) is 0 Å². The number of carbonyl (C=O) groups excluding carboxylic acids is 1. The van der Waals surface area contributed by atoms with Gasteiger partial charge in [0.15, 0.2) is 11.5 Å². The first-order valence-electron chi connectivity index (χ1n) is 6.88. The molecule has 1 aliphatic rings. The third kappa shape index (κ3) is 3.08. The molecule has 1 atom stereocenters. The van der Waals surface area contributed by atoms with E-state index in [0.29, 0.717) is 17.4 Å². The quantitative estimate of drug-likeness (QED) is 0.833. The lowest BCUT2D eigenvalue weighted by Crippen LogP contribution is -2.46. The summed E-state index contributed by atoms with van der Waals surface area (Å²) in [6.45, 7) is 3.87. The van der Waals surface area contributed by atoms with Crippen molar-refractivity contribution in [3.63, 3.8) is 0 Å². The summed E-state index contributed by atoms with van der Waals surface area (Å²) in [6.07, 6.45) is -0.728. The molecule has 1 aliphatic heterocycles. The summed E-state index contributed by atoms with van der Waals surface area (Å²) in [4.78, 5) is 20.5. The lowest BCUT2D eigenvalue weighted by Gasteiger charge is -2.25. The van der Waals surface area contributed by atoms with Gasteiger partial charge in [-0.3, -0.25) is 15.6 Å². The van der Waals surface area contributed by atoms with Crippen molar-refractivity contribution < 1.29 is 14.3 Å². The van der Waals surface area contributed by atoms with Gasteiger partial charge in [-0.1, -0.05) is 12.1 Å². The molecule has 0 spiro atoms. The van der Waals surface area contributed by atoms with E-state index < -0.39 is 6.10 Å².